The van der Waals surface area contributed by atoms with E-state index in [-0.39, 0.29) is 0 Å². The van der Waals surface area contributed by atoms with Crippen LogP contribution in [0, 0.1) is 13.8 Å². The van der Waals surface area contributed by atoms with Crippen molar-refractivity contribution >= 4 is 23.4 Å². The number of carbonyl (C=O) groups excluding carboxylic acids is 2. The molecule has 3 aromatic carbocycles. The summed E-state index contributed by atoms with van der Waals surface area (Å²) in [6.07, 6.45) is 1.66. The van der Waals surface area contributed by atoms with Crippen LogP contribution in [0.1, 0.15) is 11.1 Å². The number of hydrogen-bond donors (Lipinski definition) is 3. The van der Waals surface area contributed by atoms with Crippen molar-refractivity contribution in [2.24, 2.45) is 0 Å². The number of urea groups is 2. The van der Waals surface area contributed by atoms with Crippen LogP contribution >= 0.6 is 0 Å². The molecule has 0 atom stereocenters. The Kier molecular flexibility index (Phi) is 5.94. The van der Waals surface area contributed by atoms with E-state index in [1.807, 2.05) is 56.3 Å². The van der Waals surface area contributed by atoms with E-state index < -0.39 is 12.1 Å². The van der Waals surface area contributed by atoms with Crippen molar-refractivity contribution in [1.29, 1.82) is 0 Å². The summed E-state index contributed by atoms with van der Waals surface area (Å²) in [6.45, 7) is 3.90. The Morgan fingerprint density at radius 1 is 0.812 bits per heavy atom. The molecule has 0 saturated heterocycles. The number of imide groups is 1. The summed E-state index contributed by atoms with van der Waals surface area (Å²) in [6, 6.07) is 21.1. The number of hydrogen-bond acceptors (Lipinski definition) is 4. The highest BCUT2D eigenvalue weighted by Crippen LogP contribution is 2.19. The second kappa shape index (κ2) is 9.13. The molecule has 0 aliphatic carbocycles. The first-order chi connectivity index (χ1) is 15.5. The summed E-state index contributed by atoms with van der Waals surface area (Å²) in [7, 11) is 0. The van der Waals surface area contributed by atoms with E-state index in [0.29, 0.717) is 17.2 Å². The molecule has 0 saturated carbocycles. The Bertz CT molecular complexity index is 1250. The van der Waals surface area contributed by atoms with Crippen LogP contribution in [-0.2, 0) is 0 Å². The third kappa shape index (κ3) is 4.99. The number of nitrogens with zero attached hydrogens (tertiary/aromatic N) is 3. The lowest BCUT2D eigenvalue weighted by Crippen LogP contribution is -2.37. The summed E-state index contributed by atoms with van der Waals surface area (Å²) in [5, 5.41) is 12.0. The second-order valence-electron chi connectivity index (χ2n) is 7.27. The van der Waals surface area contributed by atoms with Crippen molar-refractivity contribution < 1.29 is 9.59 Å². The lowest BCUT2D eigenvalue weighted by molar-refractivity contribution is 0.240. The van der Waals surface area contributed by atoms with Gasteiger partial charge in [0.05, 0.1) is 5.69 Å². The fraction of sp³-hybridized carbons (Fsp3) is 0.0833. The molecule has 4 amide bonds. The molecular weight excluding hydrogens is 404 g/mol. The first kappa shape index (κ1) is 20.8. The third-order valence-electron chi connectivity index (χ3n) is 4.81. The van der Waals surface area contributed by atoms with Gasteiger partial charge in [-0.15, -0.1) is 5.10 Å². The van der Waals surface area contributed by atoms with Gasteiger partial charge in [0, 0.05) is 16.9 Å². The van der Waals surface area contributed by atoms with Crippen molar-refractivity contribution in [1.82, 2.24) is 20.1 Å². The van der Waals surface area contributed by atoms with Crippen molar-refractivity contribution in [3.63, 3.8) is 0 Å². The molecule has 3 N–H and O–H groups in total. The molecule has 4 rings (SSSR count). The minimum Gasteiger partial charge on any atom is -0.308 e. The van der Waals surface area contributed by atoms with Crippen molar-refractivity contribution in [3.8, 4) is 17.1 Å². The monoisotopic (exact) mass is 426 g/mol. The van der Waals surface area contributed by atoms with Gasteiger partial charge in [-0.2, -0.15) is 0 Å². The van der Waals surface area contributed by atoms with Gasteiger partial charge < -0.3 is 10.6 Å². The number of rotatable bonds is 4. The molecule has 32 heavy (non-hydrogen) atoms. The number of benzene rings is 3. The molecule has 0 aliphatic rings. The predicted octanol–water partition coefficient (Wildman–Crippen LogP) is 4.90. The van der Waals surface area contributed by atoms with Gasteiger partial charge >= 0.3 is 12.1 Å². The average Bonchev–Trinajstić information content (AvgIpc) is 3.26. The Morgan fingerprint density at radius 2 is 1.50 bits per heavy atom. The number of nitrogens with one attached hydrogen (secondary N) is 3. The molecule has 1 aromatic heterocycles. The number of aryl methyl sites for hydroxylation is 2. The topological polar surface area (TPSA) is 101 Å². The SMILES string of the molecule is Cc1ccc(-n2cnc(-c3ccc(NC(=O)NC(=O)Nc4ccccc4C)cc3)n2)cc1. The largest absolute Gasteiger partial charge is 0.327 e. The maximum Gasteiger partial charge on any atom is 0.327 e. The minimum absolute atomic E-state index is 0.535. The Hall–Kier alpha value is -4.46. The van der Waals surface area contributed by atoms with Crippen molar-refractivity contribution in [2.45, 2.75) is 13.8 Å². The normalized spacial score (nSPS) is 10.4. The zero-order valence-electron chi connectivity index (χ0n) is 17.7. The van der Waals surface area contributed by atoms with Crippen molar-refractivity contribution in [2.75, 3.05) is 10.6 Å². The van der Waals surface area contributed by atoms with Gasteiger partial charge in [-0.25, -0.2) is 19.3 Å². The van der Waals surface area contributed by atoms with Crippen LogP contribution in [-0.4, -0.2) is 26.8 Å². The molecule has 0 radical (unpaired) electrons. The van der Waals surface area contributed by atoms with Gasteiger partial charge in [-0.1, -0.05) is 35.9 Å². The summed E-state index contributed by atoms with van der Waals surface area (Å²) >= 11 is 0. The molecule has 8 heteroatoms. The van der Waals surface area contributed by atoms with Gasteiger partial charge in [0.25, 0.3) is 0 Å². The fourth-order valence-corrected chi connectivity index (χ4v) is 3.05. The first-order valence-electron chi connectivity index (χ1n) is 10.0. The van der Waals surface area contributed by atoms with Crippen LogP contribution in [0.2, 0.25) is 0 Å². The minimum atomic E-state index is -0.634. The van der Waals surface area contributed by atoms with E-state index in [2.05, 4.69) is 26.0 Å². The molecule has 8 nitrogen and oxygen atoms in total. The van der Waals surface area contributed by atoms with E-state index in [4.69, 9.17) is 0 Å². The lowest BCUT2D eigenvalue weighted by Gasteiger charge is -2.10. The van der Waals surface area contributed by atoms with Gasteiger partial charge in [-0.3, -0.25) is 5.32 Å². The van der Waals surface area contributed by atoms with Crippen LogP contribution < -0.4 is 16.0 Å². The zero-order chi connectivity index (χ0) is 22.5. The van der Waals surface area contributed by atoms with E-state index >= 15 is 0 Å². The Labute approximate surface area is 185 Å². The molecular formula is C24H22N6O2. The molecule has 160 valence electrons. The van der Waals surface area contributed by atoms with E-state index in [0.717, 1.165) is 16.8 Å². The highest BCUT2D eigenvalue weighted by Gasteiger charge is 2.10. The highest BCUT2D eigenvalue weighted by atomic mass is 16.2. The summed E-state index contributed by atoms with van der Waals surface area (Å²) in [5.74, 6) is 0.569. The second-order valence-corrected chi connectivity index (χ2v) is 7.27. The number of anilines is 2. The molecule has 4 aromatic rings. The van der Waals surface area contributed by atoms with Crippen LogP contribution in [0.15, 0.2) is 79.1 Å². The Balaban J connectivity index is 1.35. The quantitative estimate of drug-likeness (QED) is 0.432. The summed E-state index contributed by atoms with van der Waals surface area (Å²) in [5.41, 5.74) is 4.98. The average molecular weight is 426 g/mol. The van der Waals surface area contributed by atoms with E-state index in [9.17, 15) is 9.59 Å². The van der Waals surface area contributed by atoms with Crippen LogP contribution in [0.25, 0.3) is 17.1 Å². The molecule has 0 fully saturated rings. The fourth-order valence-electron chi connectivity index (χ4n) is 3.05. The standard InChI is InChI=1S/C24H22N6O2/c1-16-7-13-20(14-8-16)30-15-25-22(29-30)18-9-11-19(12-10-18)26-23(31)28-24(32)27-21-6-4-3-5-17(21)2/h3-15H,1-2H3,(H3,26,27,28,31,32). The first-order valence-corrected chi connectivity index (χ1v) is 10.0. The smallest absolute Gasteiger partial charge is 0.308 e. The lowest BCUT2D eigenvalue weighted by atomic mass is 10.2. The molecule has 0 spiro atoms. The summed E-state index contributed by atoms with van der Waals surface area (Å²) < 4.78 is 1.71. The van der Waals surface area contributed by atoms with E-state index in [1.165, 1.54) is 5.56 Å². The van der Waals surface area contributed by atoms with Crippen LogP contribution in [0.3, 0.4) is 0 Å². The number of aromatic nitrogens is 3. The van der Waals surface area contributed by atoms with Gasteiger partial charge in [0.1, 0.15) is 6.33 Å². The molecule has 0 unspecified atom stereocenters. The van der Waals surface area contributed by atoms with Gasteiger partial charge in [-0.05, 0) is 61.9 Å². The van der Waals surface area contributed by atoms with Gasteiger partial charge in [0.2, 0.25) is 0 Å². The third-order valence-corrected chi connectivity index (χ3v) is 4.81. The Morgan fingerprint density at radius 3 is 2.22 bits per heavy atom. The van der Waals surface area contributed by atoms with Crippen LogP contribution in [0.5, 0.6) is 0 Å². The predicted molar refractivity (Wildman–Crippen MR) is 124 cm³/mol. The number of carbonyl (C=O) groups is 2. The number of para-hydroxylation sites is 1. The van der Waals surface area contributed by atoms with E-state index in [1.54, 1.807) is 41.3 Å². The maximum absolute atomic E-state index is 12.1. The zero-order valence-corrected chi connectivity index (χ0v) is 17.7. The molecule has 1 heterocycles. The number of amides is 4. The molecule has 0 bridgehead atoms. The molecule has 0 aliphatic heterocycles. The highest BCUT2D eigenvalue weighted by molar-refractivity contribution is 6.05. The van der Waals surface area contributed by atoms with Crippen molar-refractivity contribution in [3.05, 3.63) is 90.3 Å². The summed E-state index contributed by atoms with van der Waals surface area (Å²) in [4.78, 5) is 28.5. The van der Waals surface area contributed by atoms with Gasteiger partial charge in [0.15, 0.2) is 5.82 Å². The van der Waals surface area contributed by atoms with Crippen LogP contribution in [0.4, 0.5) is 21.0 Å². The maximum atomic E-state index is 12.1.